The Morgan fingerprint density at radius 1 is 0.708 bits per heavy atom. The summed E-state index contributed by atoms with van der Waals surface area (Å²) in [5.74, 6) is 0. The van der Waals surface area contributed by atoms with E-state index < -0.39 is 43.3 Å². The molecule has 0 aromatic rings. The van der Waals surface area contributed by atoms with Gasteiger partial charge in [0.25, 0.3) is 15.6 Å². The Bertz CT molecular complexity index is 395. The molecule has 0 bridgehead atoms. The van der Waals surface area contributed by atoms with Crippen molar-refractivity contribution in [3.63, 3.8) is 0 Å². The zero-order valence-corrected chi connectivity index (χ0v) is 19.8. The Kier molecular flexibility index (Phi) is 18.5. The normalized spacial score (nSPS) is 16.6. The first-order chi connectivity index (χ1) is 9.79. The first kappa shape index (κ1) is 31.0. The minimum Gasteiger partial charge on any atom is -0.756 e. The summed E-state index contributed by atoms with van der Waals surface area (Å²) in [6, 6.07) is 0. The molecule has 0 saturated heterocycles. The Morgan fingerprint density at radius 3 is 1.25 bits per heavy atom. The summed E-state index contributed by atoms with van der Waals surface area (Å²) in [6.07, 6.45) is 0. The SMILES string of the molecule is O=P([O-])(O)OCCN(CCOP(=O)([O-])O)CCOP(=O)(O)O.[Na+].[Na+]. The molecule has 0 amide bonds. The van der Waals surface area contributed by atoms with Gasteiger partial charge in [0, 0.05) is 19.6 Å². The van der Waals surface area contributed by atoms with E-state index in [-0.39, 0.29) is 78.7 Å². The molecule has 0 radical (unpaired) electrons. The van der Waals surface area contributed by atoms with Crippen LogP contribution in [0.15, 0.2) is 0 Å². The van der Waals surface area contributed by atoms with Crippen molar-refractivity contribution in [3.8, 4) is 0 Å². The minimum absolute atomic E-state index is 0. The van der Waals surface area contributed by atoms with E-state index >= 15 is 0 Å². The molecule has 2 atom stereocenters. The van der Waals surface area contributed by atoms with Gasteiger partial charge in [0.15, 0.2) is 0 Å². The number of hydrogen-bond acceptors (Lipinski definition) is 9. The largest absolute Gasteiger partial charge is 1.00 e. The fraction of sp³-hybridized carbons (Fsp3) is 1.00. The van der Waals surface area contributed by atoms with Gasteiger partial charge < -0.3 is 38.4 Å². The predicted molar refractivity (Wildman–Crippen MR) is 66.0 cm³/mol. The van der Waals surface area contributed by atoms with Gasteiger partial charge in [-0.25, -0.2) is 4.57 Å². The van der Waals surface area contributed by atoms with Crippen molar-refractivity contribution in [2.75, 3.05) is 39.5 Å². The molecule has 18 heteroatoms. The zero-order valence-electron chi connectivity index (χ0n) is 13.1. The number of rotatable bonds is 12. The van der Waals surface area contributed by atoms with Gasteiger partial charge in [0.2, 0.25) is 0 Å². The summed E-state index contributed by atoms with van der Waals surface area (Å²) in [4.78, 5) is 55.8. The Hall–Kier alpha value is 2.29. The maximum absolute atomic E-state index is 10.5. The Labute approximate surface area is 182 Å². The molecule has 0 aromatic carbocycles. The molecule has 0 aliphatic carbocycles. The maximum atomic E-state index is 10.5. The summed E-state index contributed by atoms with van der Waals surface area (Å²) in [6.45, 7) is -1.90. The number of phosphoric acid groups is 3. The van der Waals surface area contributed by atoms with E-state index in [1.54, 1.807) is 0 Å². The molecule has 13 nitrogen and oxygen atoms in total. The molecule has 24 heavy (non-hydrogen) atoms. The van der Waals surface area contributed by atoms with Crippen molar-refractivity contribution in [3.05, 3.63) is 0 Å². The van der Waals surface area contributed by atoms with Crippen LogP contribution in [0.1, 0.15) is 0 Å². The Morgan fingerprint density at radius 2 is 1.00 bits per heavy atom. The van der Waals surface area contributed by atoms with Gasteiger partial charge >= 0.3 is 66.9 Å². The minimum atomic E-state index is -4.93. The molecular weight excluding hydrogens is 417 g/mol. The van der Waals surface area contributed by atoms with Crippen molar-refractivity contribution in [1.29, 1.82) is 0 Å². The molecule has 0 rings (SSSR count). The van der Waals surface area contributed by atoms with Crippen LogP contribution in [0.5, 0.6) is 0 Å². The van der Waals surface area contributed by atoms with Crippen molar-refractivity contribution in [1.82, 2.24) is 4.90 Å². The average molecular weight is 433 g/mol. The summed E-state index contributed by atoms with van der Waals surface area (Å²) < 4.78 is 43.6. The van der Waals surface area contributed by atoms with E-state index in [0.29, 0.717) is 0 Å². The molecule has 0 saturated carbocycles. The van der Waals surface area contributed by atoms with E-state index in [4.69, 9.17) is 19.6 Å². The van der Waals surface area contributed by atoms with Crippen LogP contribution in [0.4, 0.5) is 0 Å². The topological polar surface area (TPSA) is 209 Å². The number of hydrogen-bond donors (Lipinski definition) is 4. The molecule has 4 N–H and O–H groups in total. The third-order valence-electron chi connectivity index (χ3n) is 1.99. The van der Waals surface area contributed by atoms with E-state index in [9.17, 15) is 23.5 Å². The quantitative estimate of drug-likeness (QED) is 0.167. The van der Waals surface area contributed by atoms with Crippen LogP contribution >= 0.6 is 23.5 Å². The van der Waals surface area contributed by atoms with Gasteiger partial charge in [0.1, 0.15) is 0 Å². The molecule has 0 aliphatic rings. The van der Waals surface area contributed by atoms with Crippen LogP contribution in [-0.4, -0.2) is 63.9 Å². The van der Waals surface area contributed by atoms with E-state index in [1.165, 1.54) is 4.90 Å². The standard InChI is InChI=1S/C6H18NO12P3.2Na/c8-20(9,10)17-4-1-7(2-5-18-21(11,12)13)3-6-19-22(14,15)16;;/h1-6H2,(H2,8,9,10)(H2,11,12,13)(H2,14,15,16);;/q;2*+1/p-2. The molecule has 0 aromatic heterocycles. The summed E-state index contributed by atoms with van der Waals surface area (Å²) >= 11 is 0. The second-order valence-electron chi connectivity index (χ2n) is 3.77. The van der Waals surface area contributed by atoms with Gasteiger partial charge in [0.05, 0.1) is 19.8 Å². The van der Waals surface area contributed by atoms with Crippen LogP contribution in [0, 0.1) is 0 Å². The van der Waals surface area contributed by atoms with E-state index in [1.807, 2.05) is 0 Å². The van der Waals surface area contributed by atoms with Gasteiger partial charge in [-0.2, -0.15) is 0 Å². The fourth-order valence-electron chi connectivity index (χ4n) is 1.19. The van der Waals surface area contributed by atoms with Gasteiger partial charge in [-0.05, 0) is 0 Å². The second-order valence-corrected chi connectivity index (χ2v) is 7.40. The number of phosphoric ester groups is 3. The fourth-order valence-corrected chi connectivity index (χ4v) is 2.14. The van der Waals surface area contributed by atoms with Crippen LogP contribution in [0.25, 0.3) is 0 Å². The third kappa shape index (κ3) is 24.3. The van der Waals surface area contributed by atoms with E-state index in [2.05, 4.69) is 13.6 Å². The van der Waals surface area contributed by atoms with E-state index in [0.717, 1.165) is 0 Å². The maximum Gasteiger partial charge on any atom is 1.00 e. The first-order valence-electron chi connectivity index (χ1n) is 5.58. The summed E-state index contributed by atoms with van der Waals surface area (Å²) in [5.41, 5.74) is 0. The molecule has 0 spiro atoms. The van der Waals surface area contributed by atoms with Gasteiger partial charge in [-0.3, -0.25) is 18.6 Å². The summed E-state index contributed by atoms with van der Waals surface area (Å²) in [7, 11) is -14.5. The zero-order chi connectivity index (χ0) is 17.4. The van der Waals surface area contributed by atoms with Crippen molar-refractivity contribution < 1.29 is 116 Å². The van der Waals surface area contributed by atoms with Gasteiger partial charge in [-0.15, -0.1) is 0 Å². The van der Waals surface area contributed by atoms with Crippen molar-refractivity contribution >= 4 is 23.5 Å². The predicted octanol–water partition coefficient (Wildman–Crippen LogP) is -8.64. The van der Waals surface area contributed by atoms with Gasteiger partial charge in [-0.1, -0.05) is 0 Å². The van der Waals surface area contributed by atoms with Crippen molar-refractivity contribution in [2.45, 2.75) is 0 Å². The van der Waals surface area contributed by atoms with Crippen LogP contribution in [0.3, 0.4) is 0 Å². The molecule has 0 heterocycles. The first-order valence-corrected chi connectivity index (χ1v) is 10.1. The summed E-state index contributed by atoms with van der Waals surface area (Å²) in [5, 5.41) is 0. The molecule has 0 aliphatic heterocycles. The number of nitrogens with zero attached hydrogens (tertiary/aromatic N) is 1. The van der Waals surface area contributed by atoms with Crippen LogP contribution in [0.2, 0.25) is 0 Å². The molecule has 134 valence electrons. The third-order valence-corrected chi connectivity index (χ3v) is 3.53. The average Bonchev–Trinajstić information content (AvgIpc) is 2.23. The molecular formula is C6H16NNa2O12P3. The van der Waals surface area contributed by atoms with Crippen LogP contribution < -0.4 is 68.9 Å². The van der Waals surface area contributed by atoms with Crippen LogP contribution in [-0.2, 0) is 27.3 Å². The molecule has 2 unspecified atom stereocenters. The monoisotopic (exact) mass is 433 g/mol. The molecule has 0 fully saturated rings. The smallest absolute Gasteiger partial charge is 0.756 e. The second kappa shape index (κ2) is 14.3. The van der Waals surface area contributed by atoms with Crippen molar-refractivity contribution in [2.24, 2.45) is 0 Å². The Balaban J connectivity index is -0.00000220.